The minimum absolute atomic E-state index is 0.0140. The zero-order valence-corrected chi connectivity index (χ0v) is 13.9. The lowest BCUT2D eigenvalue weighted by Crippen LogP contribution is -2.49. The molecule has 1 saturated carbocycles. The minimum atomic E-state index is -0.0140. The van der Waals surface area contributed by atoms with Gasteiger partial charge in [-0.2, -0.15) is 0 Å². The SMILES string of the molecule is CCC(C)(C)C1CCC(N)(C2CCc3cccnc32)CC1. The third-order valence-corrected chi connectivity index (χ3v) is 6.59. The number of hydrogen-bond acceptors (Lipinski definition) is 2. The number of rotatable bonds is 3. The molecule has 0 bridgehead atoms. The highest BCUT2D eigenvalue weighted by Gasteiger charge is 2.44. The Balaban J connectivity index is 1.74. The maximum Gasteiger partial charge on any atom is 0.0484 e. The van der Waals surface area contributed by atoms with Gasteiger partial charge in [0.25, 0.3) is 0 Å². The molecular weight excluding hydrogens is 256 g/mol. The van der Waals surface area contributed by atoms with Crippen molar-refractivity contribution in [3.8, 4) is 0 Å². The number of nitrogens with zero attached hydrogens (tertiary/aromatic N) is 1. The lowest BCUT2D eigenvalue weighted by molar-refractivity contribution is 0.103. The molecule has 0 saturated heterocycles. The Morgan fingerprint density at radius 1 is 1.29 bits per heavy atom. The Morgan fingerprint density at radius 2 is 2.00 bits per heavy atom. The van der Waals surface area contributed by atoms with Gasteiger partial charge in [-0.25, -0.2) is 0 Å². The third kappa shape index (κ3) is 2.63. The summed E-state index contributed by atoms with van der Waals surface area (Å²) in [6.07, 6.45) is 10.5. The van der Waals surface area contributed by atoms with E-state index in [0.29, 0.717) is 11.3 Å². The van der Waals surface area contributed by atoms with Gasteiger partial charge >= 0.3 is 0 Å². The Morgan fingerprint density at radius 3 is 2.67 bits per heavy atom. The summed E-state index contributed by atoms with van der Waals surface area (Å²) in [5, 5.41) is 0. The average molecular weight is 286 g/mol. The molecule has 21 heavy (non-hydrogen) atoms. The lowest BCUT2D eigenvalue weighted by Gasteiger charge is -2.46. The van der Waals surface area contributed by atoms with E-state index < -0.39 is 0 Å². The van der Waals surface area contributed by atoms with Gasteiger partial charge in [-0.3, -0.25) is 4.98 Å². The molecule has 1 fully saturated rings. The van der Waals surface area contributed by atoms with E-state index in [1.807, 2.05) is 6.20 Å². The van der Waals surface area contributed by atoms with Crippen molar-refractivity contribution < 1.29 is 0 Å². The van der Waals surface area contributed by atoms with Gasteiger partial charge in [0.1, 0.15) is 0 Å². The molecule has 1 aromatic rings. The van der Waals surface area contributed by atoms with Gasteiger partial charge in [0.05, 0.1) is 0 Å². The smallest absolute Gasteiger partial charge is 0.0484 e. The van der Waals surface area contributed by atoms with Crippen LogP contribution in [0.1, 0.15) is 76.5 Å². The second-order valence-electron chi connectivity index (χ2n) is 7.99. The fraction of sp³-hybridized carbons (Fsp3) is 0.737. The zero-order chi connectivity index (χ0) is 15.1. The highest BCUT2D eigenvalue weighted by atomic mass is 14.8. The Labute approximate surface area is 129 Å². The van der Waals surface area contributed by atoms with Crippen LogP contribution in [0.25, 0.3) is 0 Å². The highest BCUT2D eigenvalue weighted by molar-refractivity contribution is 5.32. The minimum Gasteiger partial charge on any atom is -0.324 e. The molecule has 0 spiro atoms. The van der Waals surface area contributed by atoms with E-state index in [1.54, 1.807) is 0 Å². The molecule has 1 heterocycles. The standard InChI is InChI=1S/C19H30N2/c1-4-18(2,3)15-9-11-19(20,12-10-15)16-8-7-14-6-5-13-21-17(14)16/h5-6,13,15-16H,4,7-12,20H2,1-3H3. The number of nitrogens with two attached hydrogens (primary N) is 1. The molecule has 0 aliphatic heterocycles. The monoisotopic (exact) mass is 286 g/mol. The van der Waals surface area contributed by atoms with Gasteiger partial charge in [0.2, 0.25) is 0 Å². The maximum atomic E-state index is 6.89. The molecule has 2 aliphatic rings. The number of aryl methyl sites for hydroxylation is 1. The van der Waals surface area contributed by atoms with Crippen LogP contribution >= 0.6 is 0 Å². The molecule has 1 aromatic heterocycles. The lowest BCUT2D eigenvalue weighted by atomic mass is 9.62. The molecule has 116 valence electrons. The van der Waals surface area contributed by atoms with Gasteiger partial charge in [0.15, 0.2) is 0 Å². The third-order valence-electron chi connectivity index (χ3n) is 6.59. The van der Waals surface area contributed by atoms with E-state index in [4.69, 9.17) is 5.73 Å². The van der Waals surface area contributed by atoms with Crippen molar-refractivity contribution in [3.63, 3.8) is 0 Å². The van der Waals surface area contributed by atoms with Crippen molar-refractivity contribution in [2.24, 2.45) is 17.1 Å². The van der Waals surface area contributed by atoms with Crippen LogP contribution < -0.4 is 5.73 Å². The second-order valence-corrected chi connectivity index (χ2v) is 7.99. The maximum absolute atomic E-state index is 6.89. The van der Waals surface area contributed by atoms with Crippen LogP contribution in [-0.2, 0) is 6.42 Å². The summed E-state index contributed by atoms with van der Waals surface area (Å²) < 4.78 is 0. The molecule has 1 atom stereocenters. The van der Waals surface area contributed by atoms with E-state index >= 15 is 0 Å². The fourth-order valence-electron chi connectivity index (χ4n) is 4.55. The Hall–Kier alpha value is -0.890. The zero-order valence-electron chi connectivity index (χ0n) is 13.9. The van der Waals surface area contributed by atoms with Crippen molar-refractivity contribution in [3.05, 3.63) is 29.6 Å². The number of aromatic nitrogens is 1. The quantitative estimate of drug-likeness (QED) is 0.892. The summed E-state index contributed by atoms with van der Waals surface area (Å²) in [6.45, 7) is 7.17. The predicted octanol–water partition coefficient (Wildman–Crippen LogP) is 4.44. The molecule has 2 heteroatoms. The summed E-state index contributed by atoms with van der Waals surface area (Å²) in [5.41, 5.74) is 10.1. The van der Waals surface area contributed by atoms with Crippen molar-refractivity contribution in [2.75, 3.05) is 0 Å². The van der Waals surface area contributed by atoms with Crippen LogP contribution in [0, 0.1) is 11.3 Å². The first-order chi connectivity index (χ1) is 9.96. The molecule has 1 unspecified atom stereocenters. The van der Waals surface area contributed by atoms with E-state index in [0.717, 1.165) is 12.3 Å². The highest BCUT2D eigenvalue weighted by Crippen LogP contribution is 2.49. The van der Waals surface area contributed by atoms with Gasteiger partial charge < -0.3 is 5.73 Å². The summed E-state index contributed by atoms with van der Waals surface area (Å²) >= 11 is 0. The summed E-state index contributed by atoms with van der Waals surface area (Å²) in [5.74, 6) is 1.32. The topological polar surface area (TPSA) is 38.9 Å². The summed E-state index contributed by atoms with van der Waals surface area (Å²) in [7, 11) is 0. The second kappa shape index (κ2) is 5.39. The van der Waals surface area contributed by atoms with Crippen LogP contribution in [0.2, 0.25) is 0 Å². The summed E-state index contributed by atoms with van der Waals surface area (Å²) in [6, 6.07) is 4.29. The van der Waals surface area contributed by atoms with E-state index in [9.17, 15) is 0 Å². The van der Waals surface area contributed by atoms with Crippen LogP contribution in [0.3, 0.4) is 0 Å². The molecular formula is C19H30N2. The first kappa shape index (κ1) is 15.0. The fourth-order valence-corrected chi connectivity index (χ4v) is 4.55. The molecule has 0 amide bonds. The van der Waals surface area contributed by atoms with Gasteiger partial charge in [-0.15, -0.1) is 0 Å². The molecule has 0 aromatic carbocycles. The van der Waals surface area contributed by atoms with Crippen molar-refractivity contribution in [2.45, 2.75) is 77.2 Å². The summed E-state index contributed by atoms with van der Waals surface area (Å²) in [4.78, 5) is 4.67. The molecule has 0 radical (unpaired) electrons. The van der Waals surface area contributed by atoms with Crippen molar-refractivity contribution in [1.29, 1.82) is 0 Å². The molecule has 2 aliphatic carbocycles. The molecule has 3 rings (SSSR count). The average Bonchev–Trinajstić information content (AvgIpc) is 2.92. The molecule has 2 nitrogen and oxygen atoms in total. The Bertz CT molecular complexity index is 498. The van der Waals surface area contributed by atoms with Crippen LogP contribution in [0.15, 0.2) is 18.3 Å². The van der Waals surface area contributed by atoms with Crippen LogP contribution in [0.5, 0.6) is 0 Å². The van der Waals surface area contributed by atoms with Gasteiger partial charge in [-0.05, 0) is 61.5 Å². The normalized spacial score (nSPS) is 33.0. The Kier molecular flexibility index (Phi) is 3.85. The first-order valence-corrected chi connectivity index (χ1v) is 8.69. The first-order valence-electron chi connectivity index (χ1n) is 8.69. The van der Waals surface area contributed by atoms with Crippen LogP contribution in [0.4, 0.5) is 0 Å². The van der Waals surface area contributed by atoms with E-state index in [1.165, 1.54) is 49.8 Å². The van der Waals surface area contributed by atoms with Gasteiger partial charge in [-0.1, -0.05) is 33.3 Å². The van der Waals surface area contributed by atoms with Crippen LogP contribution in [-0.4, -0.2) is 10.5 Å². The largest absolute Gasteiger partial charge is 0.324 e. The van der Waals surface area contributed by atoms with E-state index in [-0.39, 0.29) is 5.54 Å². The van der Waals surface area contributed by atoms with Gasteiger partial charge in [0, 0.05) is 23.3 Å². The number of pyridine rings is 1. The number of hydrogen-bond donors (Lipinski definition) is 1. The number of fused-ring (bicyclic) bond motifs is 1. The van der Waals surface area contributed by atoms with E-state index in [2.05, 4.69) is 37.9 Å². The van der Waals surface area contributed by atoms with Crippen molar-refractivity contribution in [1.82, 2.24) is 4.98 Å². The molecule has 2 N–H and O–H groups in total. The predicted molar refractivity (Wildman–Crippen MR) is 88.2 cm³/mol. The van der Waals surface area contributed by atoms with Crippen molar-refractivity contribution >= 4 is 0 Å².